The van der Waals surface area contributed by atoms with Gasteiger partial charge in [-0.2, -0.15) is 0 Å². The summed E-state index contributed by atoms with van der Waals surface area (Å²) in [5.74, 6) is 0. The van der Waals surface area contributed by atoms with E-state index in [0.29, 0.717) is 0 Å². The van der Waals surface area contributed by atoms with E-state index in [1.165, 1.54) is 0 Å². The van der Waals surface area contributed by atoms with Crippen LogP contribution in [0.5, 0.6) is 0 Å². The lowest BCUT2D eigenvalue weighted by molar-refractivity contribution is 0.508. The molecule has 0 aliphatic carbocycles. The molecule has 0 atom stereocenters. The zero-order chi connectivity index (χ0) is 29.9. The van der Waals surface area contributed by atoms with Crippen LogP contribution < -0.4 is 15.7 Å². The molecule has 212 valence electrons. The topological polar surface area (TPSA) is 55.1 Å². The average Bonchev–Trinajstić information content (AvgIpc) is 3.42. The molecule has 0 N–H and O–H groups in total. The third-order valence-electron chi connectivity index (χ3n) is 7.61. The van der Waals surface area contributed by atoms with Crippen LogP contribution in [-0.2, 0) is 0 Å². The number of anilines is 1. The van der Waals surface area contributed by atoms with Crippen LogP contribution in [0.4, 0.5) is 5.69 Å². The molecule has 0 fully saturated rings. The van der Waals surface area contributed by atoms with Crippen LogP contribution in [0.1, 0.15) is 11.1 Å². The molecule has 5 heteroatoms. The zero-order valence-corrected chi connectivity index (χ0v) is 24.6. The summed E-state index contributed by atoms with van der Waals surface area (Å²) < 4.78 is 6.45. The molecule has 0 aliphatic heterocycles. The van der Waals surface area contributed by atoms with Gasteiger partial charge in [0.15, 0.2) is 0 Å². The van der Waals surface area contributed by atoms with E-state index in [1.54, 1.807) is 12.4 Å². The van der Waals surface area contributed by atoms with Gasteiger partial charge in [-0.1, -0.05) is 72.8 Å². The van der Waals surface area contributed by atoms with Crippen LogP contribution in [0.3, 0.4) is 0 Å². The molecule has 0 radical (unpaired) electrons. The lowest BCUT2D eigenvalue weighted by Crippen LogP contribution is -2.08. The number of pyridine rings is 3. The van der Waals surface area contributed by atoms with Crippen molar-refractivity contribution in [3.05, 3.63) is 156 Å². The Morgan fingerprint density at radius 2 is 1.02 bits per heavy atom. The van der Waals surface area contributed by atoms with E-state index in [0.717, 1.165) is 72.3 Å². The van der Waals surface area contributed by atoms with Gasteiger partial charge in [0.1, 0.15) is 10.8 Å². The number of hydrogen-bond acceptors (Lipinski definition) is 5. The highest BCUT2D eigenvalue weighted by Crippen LogP contribution is 2.29. The van der Waals surface area contributed by atoms with Crippen molar-refractivity contribution in [2.24, 2.45) is 0 Å². The fourth-order valence-corrected chi connectivity index (χ4v) is 5.29. The van der Waals surface area contributed by atoms with Crippen LogP contribution >= 0.6 is 0 Å². The largest absolute Gasteiger partial charge is 0.456 e. The highest BCUT2D eigenvalue weighted by atomic mass is 16.3. The molecule has 0 unspecified atom stereocenters. The van der Waals surface area contributed by atoms with Crippen molar-refractivity contribution < 1.29 is 4.42 Å². The third-order valence-corrected chi connectivity index (χ3v) is 7.61. The monoisotopic (exact) mass is 570 g/mol. The number of aromatic nitrogens is 3. The van der Waals surface area contributed by atoms with E-state index in [1.807, 2.05) is 50.5 Å². The van der Waals surface area contributed by atoms with Crippen LogP contribution in [0.2, 0.25) is 0 Å². The first kappa shape index (κ1) is 27.0. The number of fused-ring (bicyclic) bond motifs is 1. The van der Waals surface area contributed by atoms with Crippen molar-refractivity contribution in [2.45, 2.75) is 0 Å². The molecular formula is C39H30N4O. The Morgan fingerprint density at radius 1 is 0.523 bits per heavy atom. The fraction of sp³-hybridized carbons (Fsp3) is 0.0513. The average molecular weight is 571 g/mol. The quantitative estimate of drug-likeness (QED) is 0.209. The molecule has 44 heavy (non-hydrogen) atoms. The molecule has 5 nitrogen and oxygen atoms in total. The van der Waals surface area contributed by atoms with Crippen molar-refractivity contribution in [3.8, 4) is 33.9 Å². The molecule has 0 saturated heterocycles. The van der Waals surface area contributed by atoms with Gasteiger partial charge in [-0.15, -0.1) is 0 Å². The normalized spacial score (nSPS) is 12.1. The van der Waals surface area contributed by atoms with Gasteiger partial charge in [0.05, 0.1) is 22.8 Å². The highest BCUT2D eigenvalue weighted by Gasteiger charge is 2.11. The smallest absolute Gasteiger partial charge is 0.136 e. The SMILES string of the molecule is CN(C)c1ccc(/C=c2\o/c(=C\c3ccc(-c4cc(-c5ccccn5)nc(-c5ccccn5)c4)cc3)c3ccccc23)cc1. The Labute approximate surface area is 256 Å². The minimum absolute atomic E-state index is 0.807. The van der Waals surface area contributed by atoms with Crippen LogP contribution in [0.15, 0.2) is 138 Å². The van der Waals surface area contributed by atoms with Crippen LogP contribution in [-0.4, -0.2) is 29.0 Å². The molecule has 0 bridgehead atoms. The predicted molar refractivity (Wildman–Crippen MR) is 180 cm³/mol. The summed E-state index contributed by atoms with van der Waals surface area (Å²) in [6.45, 7) is 0. The Balaban J connectivity index is 1.27. The lowest BCUT2D eigenvalue weighted by atomic mass is 10.0. The Kier molecular flexibility index (Phi) is 7.27. The maximum Gasteiger partial charge on any atom is 0.136 e. The number of nitrogens with zero attached hydrogens (tertiary/aromatic N) is 4. The van der Waals surface area contributed by atoms with Crippen molar-refractivity contribution >= 4 is 28.6 Å². The molecule has 4 heterocycles. The van der Waals surface area contributed by atoms with Gasteiger partial charge in [0.25, 0.3) is 0 Å². The first-order chi connectivity index (χ1) is 21.6. The van der Waals surface area contributed by atoms with Gasteiger partial charge in [-0.05, 0) is 82.9 Å². The Morgan fingerprint density at radius 3 is 1.50 bits per heavy atom. The van der Waals surface area contributed by atoms with Gasteiger partial charge >= 0.3 is 0 Å². The van der Waals surface area contributed by atoms with Gasteiger partial charge in [-0.3, -0.25) is 9.97 Å². The van der Waals surface area contributed by atoms with Gasteiger partial charge in [-0.25, -0.2) is 4.98 Å². The molecule has 0 saturated carbocycles. The molecule has 7 aromatic rings. The summed E-state index contributed by atoms with van der Waals surface area (Å²) in [4.78, 5) is 16.1. The maximum absolute atomic E-state index is 6.45. The highest BCUT2D eigenvalue weighted by molar-refractivity contribution is 5.85. The van der Waals surface area contributed by atoms with Gasteiger partial charge in [0, 0.05) is 42.9 Å². The van der Waals surface area contributed by atoms with E-state index in [-0.39, 0.29) is 0 Å². The molecular weight excluding hydrogens is 540 g/mol. The summed E-state index contributed by atoms with van der Waals surface area (Å²) in [6, 6.07) is 41.2. The van der Waals surface area contributed by atoms with Crippen molar-refractivity contribution in [3.63, 3.8) is 0 Å². The number of rotatable bonds is 6. The van der Waals surface area contributed by atoms with Crippen molar-refractivity contribution in [1.82, 2.24) is 15.0 Å². The number of hydrogen-bond donors (Lipinski definition) is 0. The minimum Gasteiger partial charge on any atom is -0.456 e. The first-order valence-electron chi connectivity index (χ1n) is 14.5. The summed E-state index contributed by atoms with van der Waals surface area (Å²) in [5, 5.41) is 2.18. The maximum atomic E-state index is 6.45. The molecule has 4 aromatic heterocycles. The number of benzene rings is 3. The van der Waals surface area contributed by atoms with Crippen LogP contribution in [0.25, 0.3) is 56.8 Å². The summed E-state index contributed by atoms with van der Waals surface area (Å²) in [6.07, 6.45) is 7.78. The van der Waals surface area contributed by atoms with E-state index in [9.17, 15) is 0 Å². The first-order valence-corrected chi connectivity index (χ1v) is 14.5. The van der Waals surface area contributed by atoms with Gasteiger partial charge in [0.2, 0.25) is 0 Å². The minimum atomic E-state index is 0.807. The Hall–Kier alpha value is -5.81. The number of furan rings is 1. The molecule has 3 aromatic carbocycles. The summed E-state index contributed by atoms with van der Waals surface area (Å²) >= 11 is 0. The van der Waals surface area contributed by atoms with Crippen molar-refractivity contribution in [2.75, 3.05) is 19.0 Å². The van der Waals surface area contributed by atoms with Crippen LogP contribution in [0, 0.1) is 0 Å². The third kappa shape index (κ3) is 5.63. The fourth-order valence-electron chi connectivity index (χ4n) is 5.29. The second-order valence-corrected chi connectivity index (χ2v) is 10.8. The molecule has 0 amide bonds. The lowest BCUT2D eigenvalue weighted by Gasteiger charge is -2.11. The molecule has 0 spiro atoms. The second-order valence-electron chi connectivity index (χ2n) is 10.8. The Bertz CT molecular complexity index is 2110. The van der Waals surface area contributed by atoms with E-state index < -0.39 is 0 Å². The van der Waals surface area contributed by atoms with Crippen molar-refractivity contribution in [1.29, 1.82) is 0 Å². The van der Waals surface area contributed by atoms with E-state index in [4.69, 9.17) is 9.40 Å². The van der Waals surface area contributed by atoms with E-state index in [2.05, 4.69) is 112 Å². The predicted octanol–water partition coefficient (Wildman–Crippen LogP) is 7.34. The summed E-state index contributed by atoms with van der Waals surface area (Å²) in [5.41, 5.74) is 10.4. The summed E-state index contributed by atoms with van der Waals surface area (Å²) in [7, 11) is 4.09. The molecule has 0 aliphatic rings. The molecule has 7 rings (SSSR count). The zero-order valence-electron chi connectivity index (χ0n) is 24.6. The van der Waals surface area contributed by atoms with E-state index >= 15 is 0 Å². The second kappa shape index (κ2) is 11.8. The van der Waals surface area contributed by atoms with Gasteiger partial charge < -0.3 is 9.32 Å². The standard InChI is InChI=1S/C39H30N4O/c1-43(2)31-19-15-28(16-20-31)24-39-33-10-4-3-9-32(33)38(44-39)23-27-13-17-29(18-14-27)30-25-36(34-11-5-7-21-40-34)42-37(26-30)35-12-6-8-22-41-35/h3-26H,1-2H3/b38-23-,39-24-.